The van der Waals surface area contributed by atoms with Crippen LogP contribution >= 0.6 is 0 Å². The fraction of sp³-hybridized carbons (Fsp3) is 0.947. The summed E-state index contributed by atoms with van der Waals surface area (Å²) in [4.78, 5) is 28.0. The number of rotatable bonds is 30. The molecule has 1 saturated carbocycles. The van der Waals surface area contributed by atoms with Gasteiger partial charge in [0.25, 0.3) is 0 Å². The van der Waals surface area contributed by atoms with Crippen LogP contribution in [0.3, 0.4) is 0 Å². The molecule has 42 heavy (non-hydrogen) atoms. The number of unbranched alkanes of at least 4 members (excludes halogenated alkanes) is 15. The van der Waals surface area contributed by atoms with Gasteiger partial charge in [-0.1, -0.05) is 168 Å². The lowest BCUT2D eigenvalue weighted by atomic mass is 9.69. The zero-order valence-corrected chi connectivity index (χ0v) is 28.2. The van der Waals surface area contributed by atoms with Crippen molar-refractivity contribution < 1.29 is 9.59 Å². The van der Waals surface area contributed by atoms with E-state index >= 15 is 0 Å². The van der Waals surface area contributed by atoms with Gasteiger partial charge in [0.1, 0.15) is 0 Å². The third-order valence-electron chi connectivity index (χ3n) is 10.3. The smallest absolute Gasteiger partial charge is 0.211 e. The Morgan fingerprint density at radius 1 is 0.548 bits per heavy atom. The Hall–Kier alpha value is -1.24. The summed E-state index contributed by atoms with van der Waals surface area (Å²) in [6, 6.07) is 0. The third kappa shape index (κ3) is 21.4. The average molecular weight is 587 g/mol. The fourth-order valence-corrected chi connectivity index (χ4v) is 7.80. The highest BCUT2D eigenvalue weighted by Crippen LogP contribution is 2.41. The predicted octanol–water partition coefficient (Wildman–Crippen LogP) is 12.1. The molecule has 1 aliphatic rings. The second kappa shape index (κ2) is 29.8. The van der Waals surface area contributed by atoms with E-state index in [0.29, 0.717) is 13.1 Å². The van der Waals surface area contributed by atoms with Crippen LogP contribution < -0.4 is 0 Å². The van der Waals surface area contributed by atoms with E-state index in [-0.39, 0.29) is 0 Å². The SMILES string of the molecule is CCCCCCCCC(CC)C(CCCCCCCCN=C=O)C(CCCCCCCCN=C=O)CC1CCCCC1. The number of isocyanates is 2. The van der Waals surface area contributed by atoms with Gasteiger partial charge in [-0.25, -0.2) is 19.6 Å². The number of hydrogen-bond donors (Lipinski definition) is 0. The molecule has 1 rings (SSSR count). The summed E-state index contributed by atoms with van der Waals surface area (Å²) in [6.07, 6.45) is 41.5. The number of nitrogens with zero attached hydrogens (tertiary/aromatic N) is 2. The van der Waals surface area contributed by atoms with Crippen molar-refractivity contribution in [1.29, 1.82) is 0 Å². The fourth-order valence-electron chi connectivity index (χ4n) is 7.80. The van der Waals surface area contributed by atoms with Crippen LogP contribution in [-0.2, 0) is 9.59 Å². The van der Waals surface area contributed by atoms with Gasteiger partial charge in [-0.2, -0.15) is 0 Å². The van der Waals surface area contributed by atoms with E-state index in [2.05, 4.69) is 23.8 Å². The first-order valence-corrected chi connectivity index (χ1v) is 18.8. The Morgan fingerprint density at radius 3 is 1.50 bits per heavy atom. The second-order valence-electron chi connectivity index (χ2n) is 13.7. The summed E-state index contributed by atoms with van der Waals surface area (Å²) in [5, 5.41) is 0. The molecule has 0 aromatic carbocycles. The van der Waals surface area contributed by atoms with Crippen molar-refractivity contribution in [2.45, 2.75) is 194 Å². The van der Waals surface area contributed by atoms with E-state index in [1.165, 1.54) is 167 Å². The van der Waals surface area contributed by atoms with Crippen LogP contribution in [0.2, 0.25) is 0 Å². The molecule has 0 N–H and O–H groups in total. The molecule has 3 atom stereocenters. The first-order chi connectivity index (χ1) is 20.8. The zero-order chi connectivity index (χ0) is 30.4. The first kappa shape index (κ1) is 38.8. The Bertz CT molecular complexity index is 677. The monoisotopic (exact) mass is 587 g/mol. The molecular weight excluding hydrogens is 516 g/mol. The topological polar surface area (TPSA) is 58.9 Å². The maximum absolute atomic E-state index is 10.3. The van der Waals surface area contributed by atoms with E-state index in [4.69, 9.17) is 0 Å². The molecule has 3 unspecified atom stereocenters. The van der Waals surface area contributed by atoms with Crippen LogP contribution in [0.1, 0.15) is 194 Å². The molecule has 0 aliphatic heterocycles. The van der Waals surface area contributed by atoms with Gasteiger partial charge in [-0.15, -0.1) is 0 Å². The third-order valence-corrected chi connectivity index (χ3v) is 10.3. The van der Waals surface area contributed by atoms with Gasteiger partial charge >= 0.3 is 0 Å². The molecule has 0 aromatic rings. The molecule has 0 spiro atoms. The number of aliphatic imine (C=N–C) groups is 2. The number of carbonyl (C=O) groups excluding carboxylic acids is 2. The molecule has 0 amide bonds. The van der Waals surface area contributed by atoms with Crippen molar-refractivity contribution in [1.82, 2.24) is 0 Å². The van der Waals surface area contributed by atoms with Crippen molar-refractivity contribution in [2.75, 3.05) is 13.1 Å². The van der Waals surface area contributed by atoms with Crippen molar-refractivity contribution in [3.63, 3.8) is 0 Å². The lowest BCUT2D eigenvalue weighted by Gasteiger charge is -2.37. The average Bonchev–Trinajstić information content (AvgIpc) is 3.01. The zero-order valence-electron chi connectivity index (χ0n) is 28.2. The standard InChI is InChI=1S/C38H70N2O2/c1-3-5-6-7-12-20-27-36(4-2)38(29-22-14-9-11-16-24-31-40-34-42)37(32-35-25-18-17-19-26-35)28-21-13-8-10-15-23-30-39-33-41/h35-38H,3-32H2,1-2H3. The highest BCUT2D eigenvalue weighted by atomic mass is 16.1. The van der Waals surface area contributed by atoms with Crippen molar-refractivity contribution >= 4 is 12.2 Å². The summed E-state index contributed by atoms with van der Waals surface area (Å²) in [6.45, 7) is 6.11. The van der Waals surface area contributed by atoms with E-state index in [1.54, 1.807) is 12.2 Å². The van der Waals surface area contributed by atoms with Gasteiger partial charge in [0, 0.05) is 0 Å². The Balaban J connectivity index is 2.73. The summed E-state index contributed by atoms with van der Waals surface area (Å²) < 4.78 is 0. The van der Waals surface area contributed by atoms with Crippen LogP contribution in [0, 0.1) is 23.7 Å². The molecule has 0 aromatic heterocycles. The minimum Gasteiger partial charge on any atom is -0.211 e. The summed E-state index contributed by atoms with van der Waals surface area (Å²) in [7, 11) is 0. The van der Waals surface area contributed by atoms with E-state index < -0.39 is 0 Å². The van der Waals surface area contributed by atoms with Gasteiger partial charge in [-0.05, 0) is 49.4 Å². The minimum atomic E-state index is 0.653. The highest BCUT2D eigenvalue weighted by molar-refractivity contribution is 5.32. The number of hydrogen-bond acceptors (Lipinski definition) is 4. The van der Waals surface area contributed by atoms with Crippen molar-refractivity contribution in [3.8, 4) is 0 Å². The second-order valence-corrected chi connectivity index (χ2v) is 13.7. The van der Waals surface area contributed by atoms with Crippen LogP contribution in [0.25, 0.3) is 0 Å². The van der Waals surface area contributed by atoms with Gasteiger partial charge in [-0.3, -0.25) is 0 Å². The quantitative estimate of drug-likeness (QED) is 0.0477. The normalized spacial score (nSPS) is 16.0. The van der Waals surface area contributed by atoms with Gasteiger partial charge in [0.15, 0.2) is 0 Å². The molecule has 4 nitrogen and oxygen atoms in total. The first-order valence-electron chi connectivity index (χ1n) is 18.8. The Kier molecular flexibility index (Phi) is 27.5. The van der Waals surface area contributed by atoms with Crippen LogP contribution in [0.15, 0.2) is 9.98 Å². The van der Waals surface area contributed by atoms with E-state index in [9.17, 15) is 9.59 Å². The molecule has 1 fully saturated rings. The highest BCUT2D eigenvalue weighted by Gasteiger charge is 2.30. The maximum Gasteiger partial charge on any atom is 0.234 e. The van der Waals surface area contributed by atoms with Gasteiger partial charge in [0.05, 0.1) is 13.1 Å². The Morgan fingerprint density at radius 2 is 1.00 bits per heavy atom. The van der Waals surface area contributed by atoms with Crippen LogP contribution in [-0.4, -0.2) is 25.2 Å². The Labute approximate surface area is 261 Å². The molecule has 0 heterocycles. The van der Waals surface area contributed by atoms with Crippen molar-refractivity contribution in [3.05, 3.63) is 0 Å². The molecule has 1 aliphatic carbocycles. The summed E-state index contributed by atoms with van der Waals surface area (Å²) >= 11 is 0. The lowest BCUT2D eigenvalue weighted by molar-refractivity contribution is 0.138. The summed E-state index contributed by atoms with van der Waals surface area (Å²) in [5.41, 5.74) is 0. The molecule has 0 saturated heterocycles. The van der Waals surface area contributed by atoms with Crippen molar-refractivity contribution in [2.24, 2.45) is 33.7 Å². The van der Waals surface area contributed by atoms with Crippen LogP contribution in [0.4, 0.5) is 0 Å². The molecule has 244 valence electrons. The molecule has 4 heteroatoms. The molecule has 0 radical (unpaired) electrons. The molecular formula is C38H70N2O2. The van der Waals surface area contributed by atoms with Gasteiger partial charge < -0.3 is 0 Å². The van der Waals surface area contributed by atoms with Gasteiger partial charge in [0.2, 0.25) is 12.2 Å². The molecule has 0 bridgehead atoms. The van der Waals surface area contributed by atoms with E-state index in [1.807, 2.05) is 0 Å². The predicted molar refractivity (Wildman–Crippen MR) is 181 cm³/mol. The minimum absolute atomic E-state index is 0.653. The lowest BCUT2D eigenvalue weighted by Crippen LogP contribution is -2.27. The summed E-state index contributed by atoms with van der Waals surface area (Å²) in [5.74, 6) is 3.71. The van der Waals surface area contributed by atoms with E-state index in [0.717, 1.165) is 36.5 Å². The largest absolute Gasteiger partial charge is 0.234 e. The maximum atomic E-state index is 10.3. The van der Waals surface area contributed by atoms with Crippen LogP contribution in [0.5, 0.6) is 0 Å².